The van der Waals surface area contributed by atoms with Crippen molar-refractivity contribution in [2.45, 2.75) is 69.5 Å². The largest absolute Gasteiger partial charge is 0.300 e. The van der Waals surface area contributed by atoms with Gasteiger partial charge in [-0.3, -0.25) is 9.69 Å². The summed E-state index contributed by atoms with van der Waals surface area (Å²) < 4.78 is 0. The summed E-state index contributed by atoms with van der Waals surface area (Å²) in [6, 6.07) is 2.09. The van der Waals surface area contributed by atoms with Gasteiger partial charge in [0.1, 0.15) is 5.78 Å². The number of nitrogens with zero attached hydrogens (tertiary/aromatic N) is 1. The lowest BCUT2D eigenvalue weighted by atomic mass is 9.98. The normalized spacial score (nSPS) is 39.6. The van der Waals surface area contributed by atoms with E-state index >= 15 is 0 Å². The second kappa shape index (κ2) is 3.34. The van der Waals surface area contributed by atoms with E-state index in [1.807, 2.05) is 0 Å². The van der Waals surface area contributed by atoms with Crippen LogP contribution in [0.2, 0.25) is 0 Å². The lowest BCUT2D eigenvalue weighted by Gasteiger charge is -2.38. The summed E-state index contributed by atoms with van der Waals surface area (Å²) in [7, 11) is 0. The molecule has 2 atom stereocenters. The summed E-state index contributed by atoms with van der Waals surface area (Å²) in [5.41, 5.74) is 0. The van der Waals surface area contributed by atoms with Crippen molar-refractivity contribution in [3.63, 3.8) is 0 Å². The van der Waals surface area contributed by atoms with Crippen LogP contribution in [0.25, 0.3) is 0 Å². The van der Waals surface area contributed by atoms with Crippen LogP contribution in [0.4, 0.5) is 0 Å². The fourth-order valence-electron chi connectivity index (χ4n) is 3.80. The first-order valence-electron chi connectivity index (χ1n) is 6.14. The number of piperidine rings is 1. The Morgan fingerprint density at radius 1 is 0.857 bits per heavy atom. The molecule has 0 radical (unpaired) electrons. The van der Waals surface area contributed by atoms with Crippen molar-refractivity contribution in [3.8, 4) is 0 Å². The number of hydrogen-bond donors (Lipinski definition) is 0. The predicted octanol–water partition coefficient (Wildman–Crippen LogP) is 2.12. The van der Waals surface area contributed by atoms with Gasteiger partial charge in [0.25, 0.3) is 0 Å². The van der Waals surface area contributed by atoms with Crippen LogP contribution in [0.5, 0.6) is 0 Å². The van der Waals surface area contributed by atoms with Crippen LogP contribution in [-0.4, -0.2) is 28.8 Å². The second-order valence-electron chi connectivity index (χ2n) is 5.22. The molecule has 0 spiro atoms. The molecule has 78 valence electrons. The van der Waals surface area contributed by atoms with Crippen LogP contribution in [0.15, 0.2) is 0 Å². The number of fused-ring (bicyclic) bond motifs is 2. The molecule has 2 heteroatoms. The third-order valence-corrected chi connectivity index (χ3v) is 4.35. The molecule has 2 aliphatic heterocycles. The highest BCUT2D eigenvalue weighted by atomic mass is 16.1. The average molecular weight is 193 g/mol. The zero-order valence-corrected chi connectivity index (χ0v) is 8.74. The molecule has 0 aromatic heterocycles. The first-order valence-corrected chi connectivity index (χ1v) is 6.14. The molecule has 2 saturated heterocycles. The minimum atomic E-state index is 0.520. The summed E-state index contributed by atoms with van der Waals surface area (Å²) in [6.45, 7) is 0. The number of hydrogen-bond acceptors (Lipinski definition) is 2. The van der Waals surface area contributed by atoms with Crippen molar-refractivity contribution in [2.24, 2.45) is 0 Å². The molecule has 0 N–H and O–H groups in total. The molecule has 0 amide bonds. The molecule has 14 heavy (non-hydrogen) atoms. The van der Waals surface area contributed by atoms with Gasteiger partial charge in [-0.1, -0.05) is 12.8 Å². The van der Waals surface area contributed by atoms with Gasteiger partial charge in [0.15, 0.2) is 0 Å². The Morgan fingerprint density at radius 2 is 1.43 bits per heavy atom. The van der Waals surface area contributed by atoms with Crippen molar-refractivity contribution in [1.82, 2.24) is 4.90 Å². The van der Waals surface area contributed by atoms with Gasteiger partial charge in [0, 0.05) is 31.0 Å². The fraction of sp³-hybridized carbons (Fsp3) is 0.917. The minimum absolute atomic E-state index is 0.520. The summed E-state index contributed by atoms with van der Waals surface area (Å²) in [5, 5.41) is 0. The maximum absolute atomic E-state index is 11.5. The van der Waals surface area contributed by atoms with Crippen LogP contribution in [-0.2, 0) is 4.79 Å². The molecule has 2 heterocycles. The van der Waals surface area contributed by atoms with E-state index in [0.717, 1.165) is 18.9 Å². The molecule has 1 saturated carbocycles. The Hall–Kier alpha value is -0.370. The van der Waals surface area contributed by atoms with Gasteiger partial charge in [-0.05, 0) is 25.7 Å². The lowest BCUT2D eigenvalue weighted by Crippen LogP contribution is -2.48. The topological polar surface area (TPSA) is 20.3 Å². The van der Waals surface area contributed by atoms with Crippen molar-refractivity contribution in [3.05, 3.63) is 0 Å². The molecule has 1 aliphatic carbocycles. The highest BCUT2D eigenvalue weighted by Gasteiger charge is 2.43. The second-order valence-corrected chi connectivity index (χ2v) is 5.22. The molecule has 3 aliphatic rings. The monoisotopic (exact) mass is 193 g/mol. The van der Waals surface area contributed by atoms with Crippen LogP contribution in [0.1, 0.15) is 51.4 Å². The third kappa shape index (κ3) is 1.31. The predicted molar refractivity (Wildman–Crippen MR) is 55.1 cm³/mol. The van der Waals surface area contributed by atoms with Gasteiger partial charge in [-0.2, -0.15) is 0 Å². The smallest absolute Gasteiger partial charge is 0.136 e. The maximum Gasteiger partial charge on any atom is 0.136 e. The molecular formula is C12H19NO. The van der Waals surface area contributed by atoms with Crippen LogP contribution in [0, 0.1) is 0 Å². The molecule has 0 aromatic rings. The molecule has 0 unspecified atom stereocenters. The molecular weight excluding hydrogens is 174 g/mol. The zero-order valence-electron chi connectivity index (χ0n) is 8.74. The molecule has 3 rings (SSSR count). The number of ketones is 1. The van der Waals surface area contributed by atoms with Crippen LogP contribution >= 0.6 is 0 Å². The first-order chi connectivity index (χ1) is 6.84. The molecule has 2 nitrogen and oxygen atoms in total. The van der Waals surface area contributed by atoms with E-state index in [4.69, 9.17) is 0 Å². The average Bonchev–Trinajstić information content (AvgIpc) is 2.72. The third-order valence-electron chi connectivity index (χ3n) is 4.35. The summed E-state index contributed by atoms with van der Waals surface area (Å²) in [6.07, 6.45) is 9.88. The van der Waals surface area contributed by atoms with E-state index in [0.29, 0.717) is 17.9 Å². The first kappa shape index (κ1) is 8.90. The fourth-order valence-corrected chi connectivity index (χ4v) is 3.80. The van der Waals surface area contributed by atoms with Crippen molar-refractivity contribution < 1.29 is 4.79 Å². The molecule has 2 bridgehead atoms. The Kier molecular flexibility index (Phi) is 2.12. The van der Waals surface area contributed by atoms with Crippen LogP contribution in [0.3, 0.4) is 0 Å². The lowest BCUT2D eigenvalue weighted by molar-refractivity contribution is -0.124. The van der Waals surface area contributed by atoms with Crippen molar-refractivity contribution in [1.29, 1.82) is 0 Å². The van der Waals surface area contributed by atoms with Crippen LogP contribution < -0.4 is 0 Å². The number of carbonyl (C=O) groups is 1. The van der Waals surface area contributed by atoms with E-state index in [-0.39, 0.29) is 0 Å². The highest BCUT2D eigenvalue weighted by Crippen LogP contribution is 2.39. The zero-order chi connectivity index (χ0) is 9.54. The van der Waals surface area contributed by atoms with E-state index in [1.165, 1.54) is 38.5 Å². The van der Waals surface area contributed by atoms with Gasteiger partial charge in [-0.25, -0.2) is 0 Å². The molecule has 3 fully saturated rings. The summed E-state index contributed by atoms with van der Waals surface area (Å²) in [5.74, 6) is 0.520. The summed E-state index contributed by atoms with van der Waals surface area (Å²) >= 11 is 0. The molecule has 0 aromatic carbocycles. The van der Waals surface area contributed by atoms with Gasteiger partial charge in [0.05, 0.1) is 0 Å². The van der Waals surface area contributed by atoms with Crippen molar-refractivity contribution in [2.75, 3.05) is 0 Å². The minimum Gasteiger partial charge on any atom is -0.300 e. The number of rotatable bonds is 1. The number of Topliss-reactive ketones (excluding diaryl/α,β-unsaturated/α-hetero) is 1. The Bertz CT molecular complexity index is 229. The quantitative estimate of drug-likeness (QED) is 0.636. The maximum atomic E-state index is 11.5. The highest BCUT2D eigenvalue weighted by molar-refractivity contribution is 5.81. The Balaban J connectivity index is 1.77. The SMILES string of the molecule is O=C1C[C@@H]2CC[C@@H](C1)N2C1CCCC1. The van der Waals surface area contributed by atoms with E-state index in [2.05, 4.69) is 4.90 Å². The van der Waals surface area contributed by atoms with Gasteiger partial charge in [0.2, 0.25) is 0 Å². The van der Waals surface area contributed by atoms with Gasteiger partial charge >= 0.3 is 0 Å². The van der Waals surface area contributed by atoms with E-state index in [9.17, 15) is 4.79 Å². The van der Waals surface area contributed by atoms with Gasteiger partial charge in [-0.15, -0.1) is 0 Å². The van der Waals surface area contributed by atoms with E-state index < -0.39 is 0 Å². The Labute approximate surface area is 85.7 Å². The van der Waals surface area contributed by atoms with Gasteiger partial charge < -0.3 is 0 Å². The Morgan fingerprint density at radius 3 is 2.00 bits per heavy atom. The standard InChI is InChI=1S/C12H19NO/c14-12-7-10-5-6-11(8-12)13(10)9-3-1-2-4-9/h9-11H,1-8H2/t10-,11-/m0/s1. The van der Waals surface area contributed by atoms with E-state index in [1.54, 1.807) is 0 Å². The summed E-state index contributed by atoms with van der Waals surface area (Å²) in [4.78, 5) is 14.2. The number of carbonyl (C=O) groups excluding carboxylic acids is 1. The van der Waals surface area contributed by atoms with Crippen molar-refractivity contribution >= 4 is 5.78 Å².